The summed E-state index contributed by atoms with van der Waals surface area (Å²) in [4.78, 5) is 11.9. The molecule has 0 aromatic heterocycles. The zero-order valence-corrected chi connectivity index (χ0v) is 13.4. The molecule has 0 aliphatic carbocycles. The molecule has 1 amide bonds. The fourth-order valence-electron chi connectivity index (χ4n) is 2.10. The Bertz CT molecular complexity index is 709. The normalized spacial score (nSPS) is 11.2. The van der Waals surface area contributed by atoms with E-state index >= 15 is 0 Å². The minimum atomic E-state index is -4.41. The molecule has 0 fully saturated rings. The first-order valence-electron chi connectivity index (χ1n) is 7.43. The summed E-state index contributed by atoms with van der Waals surface area (Å²) in [6.07, 6.45) is -4.41. The second-order valence-corrected chi connectivity index (χ2v) is 5.45. The van der Waals surface area contributed by atoms with E-state index in [-0.39, 0.29) is 18.7 Å². The smallest absolute Gasteiger partial charge is 0.416 e. The van der Waals surface area contributed by atoms with Gasteiger partial charge in [0.15, 0.2) is 0 Å². The molecule has 2 aromatic carbocycles. The molecule has 0 aliphatic rings. The van der Waals surface area contributed by atoms with Crippen LogP contribution in [0.25, 0.3) is 0 Å². The van der Waals surface area contributed by atoms with Crippen molar-refractivity contribution in [2.75, 3.05) is 13.2 Å². The molecule has 0 saturated carbocycles. The molecule has 128 valence electrons. The van der Waals surface area contributed by atoms with Crippen LogP contribution in [0, 0.1) is 13.8 Å². The monoisotopic (exact) mass is 337 g/mol. The zero-order valence-electron chi connectivity index (χ0n) is 13.4. The van der Waals surface area contributed by atoms with Crippen LogP contribution in [0.5, 0.6) is 5.75 Å². The van der Waals surface area contributed by atoms with E-state index in [1.54, 1.807) is 0 Å². The average Bonchev–Trinajstić information content (AvgIpc) is 2.53. The SMILES string of the molecule is Cc1ccc(C)c(OCCNC(=O)c2ccc(C(F)(F)F)cc2)c1. The van der Waals surface area contributed by atoms with Crippen molar-refractivity contribution in [2.45, 2.75) is 20.0 Å². The fraction of sp³-hybridized carbons (Fsp3) is 0.278. The Balaban J connectivity index is 1.84. The molecule has 1 N–H and O–H groups in total. The number of ether oxygens (including phenoxy) is 1. The maximum atomic E-state index is 12.5. The highest BCUT2D eigenvalue weighted by Gasteiger charge is 2.30. The third-order valence-electron chi connectivity index (χ3n) is 3.46. The van der Waals surface area contributed by atoms with Gasteiger partial charge in [0.25, 0.3) is 5.91 Å². The lowest BCUT2D eigenvalue weighted by atomic mass is 10.1. The van der Waals surface area contributed by atoms with Crippen molar-refractivity contribution in [2.24, 2.45) is 0 Å². The molecule has 3 nitrogen and oxygen atoms in total. The summed E-state index contributed by atoms with van der Waals surface area (Å²) in [7, 11) is 0. The molecule has 0 heterocycles. The van der Waals surface area contributed by atoms with E-state index in [0.29, 0.717) is 0 Å². The van der Waals surface area contributed by atoms with Crippen LogP contribution in [0.4, 0.5) is 13.2 Å². The van der Waals surface area contributed by atoms with E-state index in [1.165, 1.54) is 0 Å². The van der Waals surface area contributed by atoms with Crippen LogP contribution in [0.15, 0.2) is 42.5 Å². The highest BCUT2D eigenvalue weighted by Crippen LogP contribution is 2.29. The Labute approximate surface area is 138 Å². The number of halogens is 3. The number of carbonyl (C=O) groups excluding carboxylic acids is 1. The van der Waals surface area contributed by atoms with E-state index in [2.05, 4.69) is 5.32 Å². The Kier molecular flexibility index (Phi) is 5.49. The van der Waals surface area contributed by atoms with Crippen LogP contribution >= 0.6 is 0 Å². The number of hydrogen-bond acceptors (Lipinski definition) is 2. The van der Waals surface area contributed by atoms with Gasteiger partial charge in [-0.25, -0.2) is 0 Å². The molecular formula is C18H18F3NO2. The molecule has 0 radical (unpaired) electrons. The molecule has 2 rings (SSSR count). The first kappa shape index (κ1) is 17.8. The van der Waals surface area contributed by atoms with Crippen LogP contribution in [-0.2, 0) is 6.18 Å². The lowest BCUT2D eigenvalue weighted by molar-refractivity contribution is -0.137. The highest BCUT2D eigenvalue weighted by molar-refractivity contribution is 5.94. The second-order valence-electron chi connectivity index (χ2n) is 5.45. The Morgan fingerprint density at radius 2 is 1.75 bits per heavy atom. The van der Waals surface area contributed by atoms with Crippen molar-refractivity contribution < 1.29 is 22.7 Å². The third kappa shape index (κ3) is 4.75. The van der Waals surface area contributed by atoms with E-state index in [9.17, 15) is 18.0 Å². The predicted molar refractivity (Wildman–Crippen MR) is 85.2 cm³/mol. The second kappa shape index (κ2) is 7.38. The molecule has 0 unspecified atom stereocenters. The number of carbonyl (C=O) groups is 1. The molecule has 0 saturated heterocycles. The van der Waals surface area contributed by atoms with Crippen molar-refractivity contribution in [1.82, 2.24) is 5.32 Å². The van der Waals surface area contributed by atoms with E-state index in [4.69, 9.17) is 4.74 Å². The van der Waals surface area contributed by atoms with Gasteiger partial charge < -0.3 is 10.1 Å². The summed E-state index contributed by atoms with van der Waals surface area (Å²) < 4.78 is 43.0. The van der Waals surface area contributed by atoms with Crippen molar-refractivity contribution in [3.8, 4) is 5.75 Å². The molecular weight excluding hydrogens is 319 g/mol. The van der Waals surface area contributed by atoms with Gasteiger partial charge in [0.05, 0.1) is 12.1 Å². The molecule has 6 heteroatoms. The van der Waals surface area contributed by atoms with Gasteiger partial charge >= 0.3 is 6.18 Å². The van der Waals surface area contributed by atoms with E-state index < -0.39 is 17.6 Å². The molecule has 0 spiro atoms. The lowest BCUT2D eigenvalue weighted by Crippen LogP contribution is -2.28. The van der Waals surface area contributed by atoms with Gasteiger partial charge in [-0.1, -0.05) is 12.1 Å². The van der Waals surface area contributed by atoms with E-state index in [0.717, 1.165) is 41.1 Å². The standard InChI is InChI=1S/C18H18F3NO2/c1-12-3-4-13(2)16(11-12)24-10-9-22-17(23)14-5-7-15(8-6-14)18(19,20)21/h3-8,11H,9-10H2,1-2H3,(H,22,23). The molecule has 0 aliphatic heterocycles. The minimum absolute atomic E-state index is 0.176. The van der Waals surface area contributed by atoms with Gasteiger partial charge in [-0.15, -0.1) is 0 Å². The summed E-state index contributed by atoms with van der Waals surface area (Å²) in [5, 5.41) is 2.62. The largest absolute Gasteiger partial charge is 0.491 e. The van der Waals surface area contributed by atoms with Crippen LogP contribution in [-0.4, -0.2) is 19.1 Å². The van der Waals surface area contributed by atoms with Crippen LogP contribution < -0.4 is 10.1 Å². The topological polar surface area (TPSA) is 38.3 Å². The maximum absolute atomic E-state index is 12.5. The summed E-state index contributed by atoms with van der Waals surface area (Å²) in [5.41, 5.74) is 1.46. The van der Waals surface area contributed by atoms with Crippen molar-refractivity contribution in [1.29, 1.82) is 0 Å². The number of benzene rings is 2. The first-order chi connectivity index (χ1) is 11.3. The van der Waals surface area contributed by atoms with Gasteiger partial charge in [-0.05, 0) is 55.3 Å². The van der Waals surface area contributed by atoms with Gasteiger partial charge in [0.2, 0.25) is 0 Å². The summed E-state index contributed by atoms with van der Waals surface area (Å²) in [6.45, 7) is 4.41. The molecule has 0 bridgehead atoms. The number of alkyl halides is 3. The Hall–Kier alpha value is -2.50. The van der Waals surface area contributed by atoms with Crippen molar-refractivity contribution in [3.63, 3.8) is 0 Å². The van der Waals surface area contributed by atoms with E-state index in [1.807, 2.05) is 32.0 Å². The quantitative estimate of drug-likeness (QED) is 0.833. The van der Waals surface area contributed by atoms with Crippen LogP contribution in [0.2, 0.25) is 0 Å². The van der Waals surface area contributed by atoms with Gasteiger partial charge in [-0.2, -0.15) is 13.2 Å². The Morgan fingerprint density at radius 1 is 1.08 bits per heavy atom. The maximum Gasteiger partial charge on any atom is 0.416 e. The lowest BCUT2D eigenvalue weighted by Gasteiger charge is -2.11. The predicted octanol–water partition coefficient (Wildman–Crippen LogP) is 4.13. The van der Waals surface area contributed by atoms with Crippen LogP contribution in [0.1, 0.15) is 27.0 Å². The number of amides is 1. The van der Waals surface area contributed by atoms with Crippen LogP contribution in [0.3, 0.4) is 0 Å². The summed E-state index contributed by atoms with van der Waals surface area (Å²) in [6, 6.07) is 9.93. The molecule has 0 atom stereocenters. The number of aryl methyl sites for hydroxylation is 2. The average molecular weight is 337 g/mol. The fourth-order valence-corrected chi connectivity index (χ4v) is 2.10. The third-order valence-corrected chi connectivity index (χ3v) is 3.46. The number of hydrogen-bond donors (Lipinski definition) is 1. The van der Waals surface area contributed by atoms with Crippen molar-refractivity contribution >= 4 is 5.91 Å². The number of rotatable bonds is 5. The zero-order chi connectivity index (χ0) is 17.7. The minimum Gasteiger partial charge on any atom is -0.491 e. The highest BCUT2D eigenvalue weighted by atomic mass is 19.4. The Morgan fingerprint density at radius 3 is 2.38 bits per heavy atom. The van der Waals surface area contributed by atoms with Gasteiger partial charge in [0, 0.05) is 5.56 Å². The van der Waals surface area contributed by atoms with Gasteiger partial charge in [0.1, 0.15) is 12.4 Å². The summed E-state index contributed by atoms with van der Waals surface area (Å²) in [5.74, 6) is 0.312. The first-order valence-corrected chi connectivity index (χ1v) is 7.43. The molecule has 2 aromatic rings. The van der Waals surface area contributed by atoms with Gasteiger partial charge in [-0.3, -0.25) is 4.79 Å². The summed E-state index contributed by atoms with van der Waals surface area (Å²) >= 11 is 0. The van der Waals surface area contributed by atoms with Crippen molar-refractivity contribution in [3.05, 3.63) is 64.7 Å². The number of nitrogens with one attached hydrogen (secondary N) is 1. The molecule has 24 heavy (non-hydrogen) atoms.